The Morgan fingerprint density at radius 1 is 0.882 bits per heavy atom. The van der Waals surface area contributed by atoms with E-state index in [0.717, 1.165) is 36.4 Å². The van der Waals surface area contributed by atoms with Crippen molar-refractivity contribution in [3.05, 3.63) is 89.0 Å². The predicted octanol–water partition coefficient (Wildman–Crippen LogP) is 6.36. The van der Waals surface area contributed by atoms with Crippen molar-refractivity contribution < 1.29 is 50.2 Å². The Kier molecular flexibility index (Phi) is 6.53. The summed E-state index contributed by atoms with van der Waals surface area (Å²) in [5.74, 6) is -12.7. The Balaban J connectivity index is 2.09. The lowest BCUT2D eigenvalue weighted by Crippen LogP contribution is -2.34. The van der Waals surface area contributed by atoms with Crippen molar-refractivity contribution in [2.45, 2.75) is 12.1 Å². The van der Waals surface area contributed by atoms with E-state index in [1.54, 1.807) is 0 Å². The van der Waals surface area contributed by atoms with Crippen LogP contribution < -0.4 is 10.1 Å². The Morgan fingerprint density at radius 3 is 2.09 bits per heavy atom. The van der Waals surface area contributed by atoms with E-state index >= 15 is 0 Å². The van der Waals surface area contributed by atoms with Gasteiger partial charge in [-0.25, -0.2) is 13.6 Å². The molecule has 34 heavy (non-hydrogen) atoms. The molecule has 0 saturated carbocycles. The number of ether oxygens (including phenoxy) is 1. The second-order valence-corrected chi connectivity index (χ2v) is 6.77. The topological polar surface area (TPSA) is 75.6 Å². The van der Waals surface area contributed by atoms with Crippen molar-refractivity contribution in [1.29, 1.82) is 0 Å². The first-order valence-corrected chi connectivity index (χ1v) is 9.17. The van der Waals surface area contributed by atoms with Gasteiger partial charge in [0, 0.05) is 11.8 Å². The van der Waals surface area contributed by atoms with Gasteiger partial charge < -0.3 is 15.2 Å². The number of para-hydroxylation sites is 1. The van der Waals surface area contributed by atoms with Crippen LogP contribution in [-0.4, -0.2) is 23.2 Å². The van der Waals surface area contributed by atoms with Crippen molar-refractivity contribution in [2.24, 2.45) is 0 Å². The minimum atomic E-state index is -6.09. The van der Waals surface area contributed by atoms with Gasteiger partial charge in [-0.1, -0.05) is 6.07 Å². The molecule has 12 heteroatoms. The van der Waals surface area contributed by atoms with Gasteiger partial charge in [0.1, 0.15) is 11.6 Å². The SMILES string of the molecule is O=C(O)c1ccc(NC(=O)c2cccc(C(F)(F)C(F)(F)F)c2Oc2ccc(F)cc2F)cc1. The third kappa shape index (κ3) is 4.95. The summed E-state index contributed by atoms with van der Waals surface area (Å²) >= 11 is 0. The number of carboxylic acids is 1. The van der Waals surface area contributed by atoms with E-state index in [9.17, 15) is 40.3 Å². The summed E-state index contributed by atoms with van der Waals surface area (Å²) in [5.41, 5.74) is -2.77. The van der Waals surface area contributed by atoms with Gasteiger partial charge in [0.15, 0.2) is 11.6 Å². The molecule has 0 radical (unpaired) electrons. The number of rotatable bonds is 6. The first-order chi connectivity index (χ1) is 15.8. The summed E-state index contributed by atoms with van der Waals surface area (Å²) in [6.07, 6.45) is -6.09. The van der Waals surface area contributed by atoms with Crippen molar-refractivity contribution >= 4 is 17.6 Å². The molecule has 178 valence electrons. The molecule has 0 heterocycles. The largest absolute Gasteiger partial charge is 0.478 e. The maximum absolute atomic E-state index is 14.2. The second kappa shape index (κ2) is 9.04. The number of aromatic carboxylic acids is 1. The average Bonchev–Trinajstić information content (AvgIpc) is 2.75. The van der Waals surface area contributed by atoms with E-state index < -0.39 is 58.2 Å². The lowest BCUT2D eigenvalue weighted by Gasteiger charge is -2.24. The molecule has 3 aromatic rings. The summed E-state index contributed by atoms with van der Waals surface area (Å²) in [5, 5.41) is 11.1. The molecule has 3 rings (SSSR count). The molecule has 0 spiro atoms. The molecule has 0 saturated heterocycles. The molecule has 0 aromatic heterocycles. The molecular weight excluding hydrogens is 475 g/mol. The van der Waals surface area contributed by atoms with Crippen LogP contribution in [0.25, 0.3) is 0 Å². The molecule has 0 aliphatic carbocycles. The molecule has 0 bridgehead atoms. The van der Waals surface area contributed by atoms with Crippen molar-refractivity contribution in [3.8, 4) is 11.5 Å². The number of benzene rings is 3. The number of hydrogen-bond acceptors (Lipinski definition) is 3. The van der Waals surface area contributed by atoms with Crippen LogP contribution in [0.3, 0.4) is 0 Å². The van der Waals surface area contributed by atoms with E-state index in [1.807, 2.05) is 0 Å². The highest BCUT2D eigenvalue weighted by atomic mass is 19.4. The maximum atomic E-state index is 14.2. The standard InChI is InChI=1S/C22H12F7NO4/c23-12-6-9-17(16(24)10-12)34-18-14(2-1-3-15(18)21(25,26)22(27,28)29)19(31)30-13-7-4-11(5-8-13)20(32)33/h1-10H,(H,30,31)(H,32,33). The number of nitrogens with one attached hydrogen (secondary N) is 1. The third-order valence-corrected chi connectivity index (χ3v) is 4.45. The summed E-state index contributed by atoms with van der Waals surface area (Å²) in [6.45, 7) is 0. The van der Waals surface area contributed by atoms with Crippen LogP contribution in [0.5, 0.6) is 11.5 Å². The Hall–Kier alpha value is -4.09. The van der Waals surface area contributed by atoms with E-state index in [2.05, 4.69) is 5.32 Å². The van der Waals surface area contributed by atoms with Crippen molar-refractivity contribution in [2.75, 3.05) is 5.32 Å². The van der Waals surface area contributed by atoms with Crippen molar-refractivity contribution in [1.82, 2.24) is 0 Å². The zero-order valence-electron chi connectivity index (χ0n) is 16.6. The van der Waals surface area contributed by atoms with Gasteiger partial charge in [0.05, 0.1) is 16.7 Å². The van der Waals surface area contributed by atoms with Crippen LogP contribution >= 0.6 is 0 Å². The maximum Gasteiger partial charge on any atom is 0.458 e. The number of carbonyl (C=O) groups is 2. The average molecular weight is 487 g/mol. The highest BCUT2D eigenvalue weighted by Gasteiger charge is 2.60. The zero-order valence-corrected chi connectivity index (χ0v) is 16.6. The normalized spacial score (nSPS) is 11.7. The molecular formula is C22H12F7NO4. The fourth-order valence-corrected chi connectivity index (χ4v) is 2.79. The van der Waals surface area contributed by atoms with Gasteiger partial charge in [0.25, 0.3) is 5.91 Å². The molecule has 0 aliphatic heterocycles. The van der Waals surface area contributed by atoms with Crippen LogP contribution in [0.15, 0.2) is 60.7 Å². The van der Waals surface area contributed by atoms with Crippen molar-refractivity contribution in [3.63, 3.8) is 0 Å². The van der Waals surface area contributed by atoms with Crippen LogP contribution in [0, 0.1) is 11.6 Å². The smallest absolute Gasteiger partial charge is 0.458 e. The number of hydrogen-bond donors (Lipinski definition) is 2. The highest BCUT2D eigenvalue weighted by molar-refractivity contribution is 6.06. The fraction of sp³-hybridized carbons (Fsp3) is 0.0909. The number of alkyl halides is 5. The van der Waals surface area contributed by atoms with Crippen LogP contribution in [0.1, 0.15) is 26.3 Å². The molecule has 0 fully saturated rings. The van der Waals surface area contributed by atoms with Gasteiger partial charge in [-0.2, -0.15) is 22.0 Å². The molecule has 0 aliphatic rings. The van der Waals surface area contributed by atoms with Crippen LogP contribution in [-0.2, 0) is 5.92 Å². The summed E-state index contributed by atoms with van der Waals surface area (Å²) < 4.78 is 99.9. The highest BCUT2D eigenvalue weighted by Crippen LogP contribution is 2.49. The summed E-state index contributed by atoms with van der Waals surface area (Å²) in [4.78, 5) is 23.6. The minimum absolute atomic E-state index is 0.0260. The second-order valence-electron chi connectivity index (χ2n) is 6.77. The number of amides is 1. The van der Waals surface area contributed by atoms with Gasteiger partial charge >= 0.3 is 18.1 Å². The Morgan fingerprint density at radius 2 is 1.53 bits per heavy atom. The van der Waals surface area contributed by atoms with Gasteiger partial charge in [-0.15, -0.1) is 0 Å². The fourth-order valence-electron chi connectivity index (χ4n) is 2.79. The van der Waals surface area contributed by atoms with E-state index in [1.165, 1.54) is 0 Å². The first-order valence-electron chi connectivity index (χ1n) is 9.17. The van der Waals surface area contributed by atoms with E-state index in [-0.39, 0.29) is 11.3 Å². The monoisotopic (exact) mass is 487 g/mol. The Labute approximate surface area is 186 Å². The number of carboxylic acid groups (broad SMARTS) is 1. The van der Waals surface area contributed by atoms with E-state index in [0.29, 0.717) is 24.3 Å². The molecule has 0 unspecified atom stereocenters. The van der Waals surface area contributed by atoms with Crippen LogP contribution in [0.4, 0.5) is 36.4 Å². The van der Waals surface area contributed by atoms with E-state index in [4.69, 9.17) is 9.84 Å². The lowest BCUT2D eigenvalue weighted by atomic mass is 10.0. The minimum Gasteiger partial charge on any atom is -0.478 e. The number of carbonyl (C=O) groups excluding carboxylic acids is 1. The third-order valence-electron chi connectivity index (χ3n) is 4.45. The first kappa shape index (κ1) is 24.6. The van der Waals surface area contributed by atoms with Gasteiger partial charge in [-0.05, 0) is 48.5 Å². The van der Waals surface area contributed by atoms with Gasteiger partial charge in [0.2, 0.25) is 0 Å². The number of anilines is 1. The summed E-state index contributed by atoms with van der Waals surface area (Å²) in [6, 6.07) is 8.09. The lowest BCUT2D eigenvalue weighted by molar-refractivity contribution is -0.289. The van der Waals surface area contributed by atoms with Gasteiger partial charge in [-0.3, -0.25) is 4.79 Å². The predicted molar refractivity (Wildman–Crippen MR) is 104 cm³/mol. The number of halogens is 7. The Bertz CT molecular complexity index is 1240. The molecule has 1 amide bonds. The molecule has 3 aromatic carbocycles. The quantitative estimate of drug-likeness (QED) is 0.397. The molecule has 2 N–H and O–H groups in total. The molecule has 5 nitrogen and oxygen atoms in total. The molecule has 0 atom stereocenters. The summed E-state index contributed by atoms with van der Waals surface area (Å²) in [7, 11) is 0. The van der Waals surface area contributed by atoms with Crippen LogP contribution in [0.2, 0.25) is 0 Å². The zero-order chi connectivity index (χ0) is 25.3.